The van der Waals surface area contributed by atoms with Crippen molar-refractivity contribution in [1.82, 2.24) is 4.37 Å². The number of sulfone groups is 1. The molecule has 0 aliphatic carbocycles. The van der Waals surface area contributed by atoms with E-state index < -0.39 is 9.84 Å². The van der Waals surface area contributed by atoms with E-state index in [1.165, 1.54) is 0 Å². The number of hydrogen-bond donors (Lipinski definition) is 2. The Morgan fingerprint density at radius 2 is 2.05 bits per heavy atom. The van der Waals surface area contributed by atoms with Crippen LogP contribution in [-0.4, -0.2) is 18.5 Å². The Morgan fingerprint density at radius 1 is 1.38 bits per heavy atom. The second-order valence-electron chi connectivity index (χ2n) is 4.85. The maximum atomic E-state index is 12.1. The second kappa shape index (κ2) is 6.03. The van der Waals surface area contributed by atoms with Crippen LogP contribution >= 0.6 is 11.5 Å². The molecule has 1 unspecified atom stereocenters. The van der Waals surface area contributed by atoms with Crippen molar-refractivity contribution in [2.24, 2.45) is 0 Å². The van der Waals surface area contributed by atoms with Gasteiger partial charge in [-0.05, 0) is 36.5 Å². The average molecular weight is 325 g/mol. The van der Waals surface area contributed by atoms with Gasteiger partial charge in [-0.1, -0.05) is 31.2 Å². The van der Waals surface area contributed by atoms with Crippen molar-refractivity contribution in [3.05, 3.63) is 35.4 Å². The van der Waals surface area contributed by atoms with Crippen molar-refractivity contribution in [3.63, 3.8) is 0 Å². The molecule has 0 amide bonds. The molecular formula is C14H19N3O2S2. The van der Waals surface area contributed by atoms with Crippen LogP contribution in [0.15, 0.2) is 29.2 Å². The molecule has 0 fully saturated rings. The van der Waals surface area contributed by atoms with Gasteiger partial charge in [0.25, 0.3) is 0 Å². The fourth-order valence-electron chi connectivity index (χ4n) is 2.18. The molecule has 0 saturated carbocycles. The maximum absolute atomic E-state index is 12.1. The van der Waals surface area contributed by atoms with Crippen molar-refractivity contribution >= 4 is 32.2 Å². The highest BCUT2D eigenvalue weighted by Gasteiger charge is 2.25. The van der Waals surface area contributed by atoms with Crippen LogP contribution in [0.2, 0.25) is 0 Å². The summed E-state index contributed by atoms with van der Waals surface area (Å²) in [7, 11) is -3.39. The quantitative estimate of drug-likeness (QED) is 0.882. The normalized spacial score (nSPS) is 13.1. The van der Waals surface area contributed by atoms with E-state index >= 15 is 0 Å². The zero-order valence-corrected chi connectivity index (χ0v) is 13.9. The monoisotopic (exact) mass is 325 g/mol. The van der Waals surface area contributed by atoms with Crippen LogP contribution in [0.4, 0.5) is 10.8 Å². The van der Waals surface area contributed by atoms with Crippen LogP contribution in [-0.2, 0) is 9.84 Å². The van der Waals surface area contributed by atoms with Crippen LogP contribution in [0.5, 0.6) is 0 Å². The molecular weight excluding hydrogens is 306 g/mol. The number of benzene rings is 1. The Hall–Kier alpha value is -1.60. The van der Waals surface area contributed by atoms with Crippen LogP contribution in [0.1, 0.15) is 31.0 Å². The van der Waals surface area contributed by atoms with Crippen LogP contribution in [0.25, 0.3) is 0 Å². The molecule has 1 aromatic carbocycles. The van der Waals surface area contributed by atoms with E-state index in [9.17, 15) is 8.42 Å². The standard InChI is InChI=1S/C14H19N3O2S2/c1-4-21(18,19)12-13(15)17-20-14(12)16-10(3)11-8-6-5-7-9(11)2/h5-8,10,16H,4H2,1-3H3,(H2,15,17). The number of nitrogens with two attached hydrogens (primary N) is 1. The number of aromatic nitrogens is 1. The second-order valence-corrected chi connectivity index (χ2v) is 7.84. The number of nitrogen functional groups attached to an aromatic ring is 1. The lowest BCUT2D eigenvalue weighted by Crippen LogP contribution is -2.12. The molecule has 0 spiro atoms. The first-order chi connectivity index (χ1) is 9.86. The Labute approximate surface area is 129 Å². The summed E-state index contributed by atoms with van der Waals surface area (Å²) in [6.07, 6.45) is 0. The maximum Gasteiger partial charge on any atom is 0.184 e. The molecule has 1 atom stereocenters. The van der Waals surface area contributed by atoms with Gasteiger partial charge in [0, 0.05) is 6.04 Å². The average Bonchev–Trinajstić information content (AvgIpc) is 2.80. The summed E-state index contributed by atoms with van der Waals surface area (Å²) in [5.74, 6) is 0.0737. The number of hydrogen-bond acceptors (Lipinski definition) is 6. The first-order valence-electron chi connectivity index (χ1n) is 6.66. The number of aryl methyl sites for hydroxylation is 1. The minimum atomic E-state index is -3.39. The zero-order chi connectivity index (χ0) is 15.6. The van der Waals surface area contributed by atoms with Gasteiger partial charge in [0.05, 0.1) is 5.75 Å². The van der Waals surface area contributed by atoms with Crippen molar-refractivity contribution in [1.29, 1.82) is 0 Å². The van der Waals surface area contributed by atoms with E-state index in [2.05, 4.69) is 9.69 Å². The molecule has 0 bridgehead atoms. The highest BCUT2D eigenvalue weighted by atomic mass is 32.2. The molecule has 0 radical (unpaired) electrons. The number of nitrogens with zero attached hydrogens (tertiary/aromatic N) is 1. The minimum Gasteiger partial charge on any atom is -0.382 e. The van der Waals surface area contributed by atoms with Gasteiger partial charge in [-0.25, -0.2) is 8.42 Å². The summed E-state index contributed by atoms with van der Waals surface area (Å²) >= 11 is 1.08. The third-order valence-electron chi connectivity index (χ3n) is 3.37. The smallest absolute Gasteiger partial charge is 0.184 e. The zero-order valence-electron chi connectivity index (χ0n) is 12.3. The molecule has 1 aromatic heterocycles. The minimum absolute atomic E-state index is 0.00301. The Morgan fingerprint density at radius 3 is 2.67 bits per heavy atom. The van der Waals surface area contributed by atoms with E-state index in [1.54, 1.807) is 6.92 Å². The lowest BCUT2D eigenvalue weighted by atomic mass is 10.0. The molecule has 21 heavy (non-hydrogen) atoms. The molecule has 1 heterocycles. The van der Waals surface area contributed by atoms with Gasteiger partial charge in [0.15, 0.2) is 15.7 Å². The Kier molecular flexibility index (Phi) is 4.53. The van der Waals surface area contributed by atoms with Crippen molar-refractivity contribution < 1.29 is 8.42 Å². The molecule has 0 aliphatic rings. The van der Waals surface area contributed by atoms with Crippen LogP contribution < -0.4 is 11.1 Å². The van der Waals surface area contributed by atoms with Gasteiger partial charge in [0.2, 0.25) is 0 Å². The molecule has 2 aromatic rings. The molecule has 3 N–H and O–H groups in total. The van der Waals surface area contributed by atoms with Crippen molar-refractivity contribution in [2.45, 2.75) is 31.7 Å². The predicted molar refractivity (Wildman–Crippen MR) is 87.5 cm³/mol. The fourth-order valence-corrected chi connectivity index (χ4v) is 4.42. The van der Waals surface area contributed by atoms with Crippen molar-refractivity contribution in [3.8, 4) is 0 Å². The number of rotatable bonds is 5. The van der Waals surface area contributed by atoms with Crippen molar-refractivity contribution in [2.75, 3.05) is 16.8 Å². The summed E-state index contributed by atoms with van der Waals surface area (Å²) in [5, 5.41) is 3.73. The summed E-state index contributed by atoms with van der Waals surface area (Å²) in [6, 6.07) is 7.95. The lowest BCUT2D eigenvalue weighted by Gasteiger charge is -2.17. The van der Waals surface area contributed by atoms with E-state index in [4.69, 9.17) is 5.73 Å². The third-order valence-corrected chi connectivity index (χ3v) is 6.08. The van der Waals surface area contributed by atoms with Gasteiger partial charge in [-0.15, -0.1) is 0 Å². The topological polar surface area (TPSA) is 85.1 Å². The summed E-state index contributed by atoms with van der Waals surface area (Å²) in [6.45, 7) is 5.61. The third kappa shape index (κ3) is 3.19. The SMILES string of the molecule is CCS(=O)(=O)c1c(N)nsc1NC(C)c1ccccc1C. The molecule has 7 heteroatoms. The van der Waals surface area contributed by atoms with E-state index in [0.29, 0.717) is 5.00 Å². The highest BCUT2D eigenvalue weighted by Crippen LogP contribution is 2.35. The largest absolute Gasteiger partial charge is 0.382 e. The van der Waals surface area contributed by atoms with Gasteiger partial charge in [-0.2, -0.15) is 4.37 Å². The molecule has 0 aliphatic heterocycles. The van der Waals surface area contributed by atoms with E-state index in [-0.39, 0.29) is 22.5 Å². The van der Waals surface area contributed by atoms with Crippen LogP contribution in [0.3, 0.4) is 0 Å². The highest BCUT2D eigenvalue weighted by molar-refractivity contribution is 7.91. The lowest BCUT2D eigenvalue weighted by molar-refractivity contribution is 0.598. The fraction of sp³-hybridized carbons (Fsp3) is 0.357. The van der Waals surface area contributed by atoms with Gasteiger partial charge >= 0.3 is 0 Å². The van der Waals surface area contributed by atoms with E-state index in [0.717, 1.165) is 22.7 Å². The van der Waals surface area contributed by atoms with Gasteiger partial charge in [-0.3, -0.25) is 0 Å². The van der Waals surface area contributed by atoms with Gasteiger partial charge < -0.3 is 11.1 Å². The molecule has 5 nitrogen and oxygen atoms in total. The number of anilines is 2. The molecule has 0 saturated heterocycles. The summed E-state index contributed by atoms with van der Waals surface area (Å²) in [5.41, 5.74) is 7.99. The van der Waals surface area contributed by atoms with Gasteiger partial charge in [0.1, 0.15) is 9.90 Å². The summed E-state index contributed by atoms with van der Waals surface area (Å²) in [4.78, 5) is 0.121. The molecule has 2 rings (SSSR count). The summed E-state index contributed by atoms with van der Waals surface area (Å²) < 4.78 is 28.2. The van der Waals surface area contributed by atoms with Crippen LogP contribution in [0, 0.1) is 6.92 Å². The Bertz CT molecular complexity index is 738. The first kappa shape index (κ1) is 15.8. The Balaban J connectivity index is 2.36. The molecule has 114 valence electrons. The van der Waals surface area contributed by atoms with E-state index in [1.807, 2.05) is 38.1 Å². The predicted octanol–water partition coefficient (Wildman–Crippen LogP) is 3.00. The first-order valence-corrected chi connectivity index (χ1v) is 9.09. The number of nitrogens with one attached hydrogen (secondary N) is 1.